The van der Waals surface area contributed by atoms with Crippen LogP contribution in [-0.4, -0.2) is 12.7 Å². The molecule has 1 aliphatic heterocycles. The predicted molar refractivity (Wildman–Crippen MR) is 94.2 cm³/mol. The van der Waals surface area contributed by atoms with E-state index >= 15 is 0 Å². The van der Waals surface area contributed by atoms with Crippen molar-refractivity contribution in [3.63, 3.8) is 0 Å². The summed E-state index contributed by atoms with van der Waals surface area (Å²) >= 11 is 0. The third-order valence-electron chi connectivity index (χ3n) is 4.72. The fourth-order valence-corrected chi connectivity index (χ4v) is 3.05. The number of aryl methyl sites for hydroxylation is 3. The number of nitrogens with one attached hydrogen (secondary N) is 1. The van der Waals surface area contributed by atoms with Gasteiger partial charge in [0.1, 0.15) is 5.58 Å². The zero-order chi connectivity index (χ0) is 17.6. The number of carbonyl (C=O) groups excluding carboxylic acids is 1. The van der Waals surface area contributed by atoms with Gasteiger partial charge in [-0.05, 0) is 49.6 Å². The lowest BCUT2D eigenvalue weighted by molar-refractivity contribution is 0.0924. The smallest absolute Gasteiger partial charge is 0.287 e. The van der Waals surface area contributed by atoms with Crippen molar-refractivity contribution in [1.82, 2.24) is 5.32 Å². The number of amides is 1. The molecule has 0 unspecified atom stereocenters. The van der Waals surface area contributed by atoms with Crippen molar-refractivity contribution in [3.8, 4) is 11.5 Å². The van der Waals surface area contributed by atoms with Gasteiger partial charge in [0.15, 0.2) is 17.3 Å². The van der Waals surface area contributed by atoms with E-state index in [9.17, 15) is 4.79 Å². The number of rotatable bonds is 3. The molecule has 1 amide bonds. The number of hydrogen-bond acceptors (Lipinski definition) is 4. The molecule has 25 heavy (non-hydrogen) atoms. The van der Waals surface area contributed by atoms with E-state index in [0.29, 0.717) is 18.1 Å². The average Bonchev–Trinajstić information content (AvgIpc) is 3.20. The van der Waals surface area contributed by atoms with E-state index in [1.165, 1.54) is 0 Å². The summed E-state index contributed by atoms with van der Waals surface area (Å²) in [6.07, 6.45) is 0. The molecule has 2 aromatic carbocycles. The summed E-state index contributed by atoms with van der Waals surface area (Å²) in [7, 11) is 0. The topological polar surface area (TPSA) is 60.7 Å². The van der Waals surface area contributed by atoms with E-state index in [2.05, 4.69) is 11.4 Å². The summed E-state index contributed by atoms with van der Waals surface area (Å²) in [5.74, 6) is 1.58. The SMILES string of the molecule is Cc1ccc2c(C)c(C(=O)NCc3ccc4c(c3)OCO4)oc2c1C. The molecular formula is C20H19NO4. The first-order chi connectivity index (χ1) is 12.0. The molecule has 3 aromatic rings. The Labute approximate surface area is 145 Å². The van der Waals surface area contributed by atoms with Crippen molar-refractivity contribution in [2.24, 2.45) is 0 Å². The molecule has 0 fully saturated rings. The van der Waals surface area contributed by atoms with E-state index in [-0.39, 0.29) is 12.7 Å². The number of hydrogen-bond donors (Lipinski definition) is 1. The largest absolute Gasteiger partial charge is 0.454 e. The van der Waals surface area contributed by atoms with Crippen LogP contribution in [0.5, 0.6) is 11.5 Å². The molecule has 0 saturated carbocycles. The highest BCUT2D eigenvalue weighted by Crippen LogP contribution is 2.33. The molecule has 1 aliphatic rings. The molecular weight excluding hydrogens is 318 g/mol. The Morgan fingerprint density at radius 3 is 2.68 bits per heavy atom. The Bertz CT molecular complexity index is 987. The maximum atomic E-state index is 12.6. The van der Waals surface area contributed by atoms with Crippen LogP contribution in [0.4, 0.5) is 0 Å². The van der Waals surface area contributed by atoms with Crippen LogP contribution in [0, 0.1) is 20.8 Å². The molecule has 1 aromatic heterocycles. The normalized spacial score (nSPS) is 12.6. The summed E-state index contributed by atoms with van der Waals surface area (Å²) in [6.45, 7) is 6.59. The minimum absolute atomic E-state index is 0.219. The molecule has 0 aliphatic carbocycles. The third kappa shape index (κ3) is 2.61. The summed E-state index contributed by atoms with van der Waals surface area (Å²) in [5.41, 5.74) is 4.80. The first-order valence-corrected chi connectivity index (χ1v) is 8.20. The first kappa shape index (κ1) is 15.6. The highest BCUT2D eigenvalue weighted by molar-refractivity contribution is 5.99. The van der Waals surface area contributed by atoms with Crippen LogP contribution < -0.4 is 14.8 Å². The van der Waals surface area contributed by atoms with E-state index in [0.717, 1.165) is 39.0 Å². The summed E-state index contributed by atoms with van der Waals surface area (Å²) in [5, 5.41) is 3.90. The first-order valence-electron chi connectivity index (χ1n) is 8.20. The van der Waals surface area contributed by atoms with E-state index < -0.39 is 0 Å². The van der Waals surface area contributed by atoms with Crippen LogP contribution >= 0.6 is 0 Å². The Hall–Kier alpha value is -2.95. The van der Waals surface area contributed by atoms with Gasteiger partial charge < -0.3 is 19.2 Å². The summed E-state index contributed by atoms with van der Waals surface area (Å²) < 4.78 is 16.5. The Balaban J connectivity index is 1.56. The molecule has 5 nitrogen and oxygen atoms in total. The molecule has 2 heterocycles. The molecule has 0 atom stereocenters. The van der Waals surface area contributed by atoms with E-state index in [1.54, 1.807) is 0 Å². The van der Waals surface area contributed by atoms with Gasteiger partial charge in [0.2, 0.25) is 6.79 Å². The van der Waals surface area contributed by atoms with E-state index in [4.69, 9.17) is 13.9 Å². The maximum Gasteiger partial charge on any atom is 0.287 e. The van der Waals surface area contributed by atoms with Crippen LogP contribution in [-0.2, 0) is 6.54 Å². The standard InChI is InChI=1S/C20H19NO4/c1-11-4-6-15-13(3)19(25-18(15)12(11)2)20(22)21-9-14-5-7-16-17(8-14)24-10-23-16/h4-8H,9-10H2,1-3H3,(H,21,22). The van der Waals surface area contributed by atoms with Crippen LogP contribution in [0.15, 0.2) is 34.7 Å². The maximum absolute atomic E-state index is 12.6. The van der Waals surface area contributed by atoms with Crippen LogP contribution in [0.2, 0.25) is 0 Å². The highest BCUT2D eigenvalue weighted by Gasteiger charge is 2.19. The van der Waals surface area contributed by atoms with Gasteiger partial charge in [0, 0.05) is 17.5 Å². The number of furan rings is 1. The van der Waals surface area contributed by atoms with Crippen molar-refractivity contribution < 1.29 is 18.7 Å². The second-order valence-corrected chi connectivity index (χ2v) is 6.31. The minimum Gasteiger partial charge on any atom is -0.454 e. The average molecular weight is 337 g/mol. The van der Waals surface area contributed by atoms with Gasteiger partial charge in [-0.1, -0.05) is 18.2 Å². The van der Waals surface area contributed by atoms with Gasteiger partial charge in [0.05, 0.1) is 0 Å². The second kappa shape index (κ2) is 5.84. The highest BCUT2D eigenvalue weighted by atomic mass is 16.7. The van der Waals surface area contributed by atoms with Crippen LogP contribution in [0.25, 0.3) is 11.0 Å². The van der Waals surface area contributed by atoms with Crippen molar-refractivity contribution in [1.29, 1.82) is 0 Å². The lowest BCUT2D eigenvalue weighted by atomic mass is 10.0. The van der Waals surface area contributed by atoms with Crippen molar-refractivity contribution >= 4 is 16.9 Å². The van der Waals surface area contributed by atoms with Gasteiger partial charge in [-0.15, -0.1) is 0 Å². The molecule has 0 radical (unpaired) electrons. The molecule has 4 rings (SSSR count). The molecule has 128 valence electrons. The van der Waals surface area contributed by atoms with Crippen LogP contribution in [0.1, 0.15) is 32.8 Å². The number of ether oxygens (including phenoxy) is 2. The summed E-state index contributed by atoms with van der Waals surface area (Å²) in [4.78, 5) is 12.6. The van der Waals surface area contributed by atoms with Gasteiger partial charge in [0.25, 0.3) is 5.91 Å². The quantitative estimate of drug-likeness (QED) is 0.784. The third-order valence-corrected chi connectivity index (χ3v) is 4.72. The molecule has 0 bridgehead atoms. The van der Waals surface area contributed by atoms with Crippen molar-refractivity contribution in [2.75, 3.05) is 6.79 Å². The van der Waals surface area contributed by atoms with Gasteiger partial charge in [-0.25, -0.2) is 0 Å². The number of fused-ring (bicyclic) bond motifs is 2. The Morgan fingerprint density at radius 1 is 1.04 bits per heavy atom. The molecule has 0 spiro atoms. The molecule has 0 saturated heterocycles. The second-order valence-electron chi connectivity index (χ2n) is 6.31. The number of benzene rings is 2. The zero-order valence-electron chi connectivity index (χ0n) is 14.4. The lowest BCUT2D eigenvalue weighted by Crippen LogP contribution is -2.22. The predicted octanol–water partition coefficient (Wildman–Crippen LogP) is 4.02. The zero-order valence-corrected chi connectivity index (χ0v) is 14.4. The molecule has 1 N–H and O–H groups in total. The van der Waals surface area contributed by atoms with Gasteiger partial charge >= 0.3 is 0 Å². The van der Waals surface area contributed by atoms with E-state index in [1.807, 2.05) is 45.0 Å². The Morgan fingerprint density at radius 2 is 1.84 bits per heavy atom. The van der Waals surface area contributed by atoms with Gasteiger partial charge in [-0.3, -0.25) is 4.79 Å². The van der Waals surface area contributed by atoms with Gasteiger partial charge in [-0.2, -0.15) is 0 Å². The minimum atomic E-state index is -0.219. The monoisotopic (exact) mass is 337 g/mol. The fraction of sp³-hybridized carbons (Fsp3) is 0.250. The Kier molecular flexibility index (Phi) is 3.64. The van der Waals surface area contributed by atoms with Crippen LogP contribution in [0.3, 0.4) is 0 Å². The summed E-state index contributed by atoms with van der Waals surface area (Å²) in [6, 6.07) is 9.69. The fourth-order valence-electron chi connectivity index (χ4n) is 3.05. The molecule has 5 heteroatoms. The lowest BCUT2D eigenvalue weighted by Gasteiger charge is -2.05. The number of carbonyl (C=O) groups is 1. The van der Waals surface area contributed by atoms with Crippen molar-refractivity contribution in [3.05, 3.63) is 58.3 Å². The van der Waals surface area contributed by atoms with Crippen molar-refractivity contribution in [2.45, 2.75) is 27.3 Å².